The van der Waals surface area contributed by atoms with E-state index < -0.39 is 0 Å². The van der Waals surface area contributed by atoms with Crippen molar-refractivity contribution >= 4 is 5.97 Å². The summed E-state index contributed by atoms with van der Waals surface area (Å²) in [6.45, 7) is 9.30. The molecule has 1 unspecified atom stereocenters. The second-order valence-electron chi connectivity index (χ2n) is 6.68. The summed E-state index contributed by atoms with van der Waals surface area (Å²) in [7, 11) is 0. The number of cyclic esters (lactones) is 1. The van der Waals surface area contributed by atoms with Crippen molar-refractivity contribution in [2.75, 3.05) is 6.61 Å². The zero-order valence-electron chi connectivity index (χ0n) is 10.9. The predicted molar refractivity (Wildman–Crippen MR) is 66.4 cm³/mol. The van der Waals surface area contributed by atoms with E-state index in [-0.39, 0.29) is 11.4 Å². The average molecular weight is 234 g/mol. The summed E-state index contributed by atoms with van der Waals surface area (Å²) in [5.74, 6) is 1.42. The van der Waals surface area contributed by atoms with Crippen molar-refractivity contribution in [2.24, 2.45) is 22.7 Å². The molecule has 3 rings (SSSR count). The molecule has 2 aliphatic carbocycles. The minimum atomic E-state index is -0.321. The Morgan fingerprint density at radius 1 is 1.41 bits per heavy atom. The van der Waals surface area contributed by atoms with Gasteiger partial charge in [0.25, 0.3) is 0 Å². The Morgan fingerprint density at radius 2 is 2.18 bits per heavy atom. The second kappa shape index (κ2) is 3.37. The smallest absolute Gasteiger partial charge is 0.316 e. The molecule has 94 valence electrons. The van der Waals surface area contributed by atoms with Crippen molar-refractivity contribution in [3.8, 4) is 0 Å². The van der Waals surface area contributed by atoms with Crippen molar-refractivity contribution in [2.45, 2.75) is 46.0 Å². The lowest BCUT2D eigenvalue weighted by atomic mass is 9.63. The molecule has 3 aliphatic rings. The molecule has 2 heteroatoms. The van der Waals surface area contributed by atoms with Gasteiger partial charge >= 0.3 is 5.97 Å². The van der Waals surface area contributed by atoms with Crippen LogP contribution in [0.25, 0.3) is 0 Å². The maximum atomic E-state index is 12.1. The summed E-state index contributed by atoms with van der Waals surface area (Å²) in [4.78, 5) is 12.1. The van der Waals surface area contributed by atoms with E-state index in [9.17, 15) is 4.79 Å². The first-order valence-electron chi connectivity index (χ1n) is 6.84. The summed E-state index contributed by atoms with van der Waals surface area (Å²) in [5, 5.41) is 0. The molecular weight excluding hydrogens is 212 g/mol. The van der Waals surface area contributed by atoms with Gasteiger partial charge in [-0.25, -0.2) is 0 Å². The maximum Gasteiger partial charge on any atom is 0.316 e. The topological polar surface area (TPSA) is 26.3 Å². The van der Waals surface area contributed by atoms with Crippen LogP contribution in [0.3, 0.4) is 0 Å². The molecule has 2 nitrogen and oxygen atoms in total. The van der Waals surface area contributed by atoms with Crippen molar-refractivity contribution < 1.29 is 9.53 Å². The highest BCUT2D eigenvalue weighted by Gasteiger charge is 2.61. The molecule has 0 N–H and O–H groups in total. The van der Waals surface area contributed by atoms with E-state index in [4.69, 9.17) is 4.74 Å². The number of esters is 1. The number of fused-ring (bicyclic) bond motifs is 1. The summed E-state index contributed by atoms with van der Waals surface area (Å²) in [5.41, 5.74) is 1.04. The molecular formula is C15H22O2. The SMILES string of the molecule is C=C1COC(=O)[C@@]12CC1CCC[C@H](C)[C@@]1(C)C2. The molecule has 2 saturated carbocycles. The number of carbonyl (C=O) groups excluding carboxylic acids is 1. The third-order valence-corrected chi connectivity index (χ3v) is 5.97. The van der Waals surface area contributed by atoms with E-state index in [1.54, 1.807) is 0 Å². The molecule has 0 aromatic rings. The van der Waals surface area contributed by atoms with E-state index in [1.165, 1.54) is 19.3 Å². The largest absolute Gasteiger partial charge is 0.460 e. The third kappa shape index (κ3) is 1.30. The van der Waals surface area contributed by atoms with Gasteiger partial charge in [0.2, 0.25) is 0 Å². The van der Waals surface area contributed by atoms with Crippen LogP contribution >= 0.6 is 0 Å². The molecule has 3 fully saturated rings. The fraction of sp³-hybridized carbons (Fsp3) is 0.800. The van der Waals surface area contributed by atoms with Crippen molar-refractivity contribution in [3.05, 3.63) is 12.2 Å². The lowest BCUT2D eigenvalue weighted by molar-refractivity contribution is -0.146. The predicted octanol–water partition coefficient (Wildman–Crippen LogP) is 3.32. The van der Waals surface area contributed by atoms with E-state index in [0.29, 0.717) is 17.9 Å². The average Bonchev–Trinajstić information content (AvgIpc) is 2.74. The standard InChI is InChI=1S/C15H22O2/c1-10-5-4-6-12-7-15(9-14(10,12)3)11(2)8-17-13(15)16/h10,12H,2,4-9H2,1,3H3/t10-,12?,14+,15+/m0/s1. The van der Waals surface area contributed by atoms with Crippen LogP contribution in [0.1, 0.15) is 46.0 Å². The highest BCUT2D eigenvalue weighted by molar-refractivity contribution is 5.84. The minimum absolute atomic E-state index is 0.00493. The summed E-state index contributed by atoms with van der Waals surface area (Å²) in [6, 6.07) is 0. The van der Waals surface area contributed by atoms with Gasteiger partial charge in [-0.05, 0) is 42.1 Å². The Balaban J connectivity index is 1.98. The highest BCUT2D eigenvalue weighted by atomic mass is 16.5. The van der Waals surface area contributed by atoms with Crippen LogP contribution in [-0.2, 0) is 9.53 Å². The van der Waals surface area contributed by atoms with Crippen molar-refractivity contribution in [1.29, 1.82) is 0 Å². The first kappa shape index (κ1) is 11.3. The number of hydrogen-bond donors (Lipinski definition) is 0. The van der Waals surface area contributed by atoms with Gasteiger partial charge in [-0.1, -0.05) is 33.3 Å². The van der Waals surface area contributed by atoms with E-state index in [0.717, 1.165) is 24.3 Å². The Hall–Kier alpha value is -0.790. The van der Waals surface area contributed by atoms with Gasteiger partial charge in [0.05, 0.1) is 5.41 Å². The summed E-state index contributed by atoms with van der Waals surface area (Å²) in [6.07, 6.45) is 5.88. The Bertz CT molecular complexity index is 368. The van der Waals surface area contributed by atoms with Gasteiger partial charge in [0, 0.05) is 0 Å². The fourth-order valence-electron chi connectivity index (χ4n) is 4.53. The van der Waals surface area contributed by atoms with E-state index in [2.05, 4.69) is 20.4 Å². The lowest BCUT2D eigenvalue weighted by Crippen LogP contribution is -2.34. The molecule has 1 heterocycles. The number of ether oxygens (including phenoxy) is 1. The third-order valence-electron chi connectivity index (χ3n) is 5.97. The molecule has 0 bridgehead atoms. The van der Waals surface area contributed by atoms with Crippen LogP contribution in [0, 0.1) is 22.7 Å². The normalized spacial score (nSPS) is 49.5. The molecule has 1 spiro atoms. The molecule has 17 heavy (non-hydrogen) atoms. The maximum absolute atomic E-state index is 12.1. The van der Waals surface area contributed by atoms with Crippen LogP contribution in [-0.4, -0.2) is 12.6 Å². The molecule has 0 radical (unpaired) electrons. The van der Waals surface area contributed by atoms with E-state index in [1.807, 2.05) is 0 Å². The zero-order chi connectivity index (χ0) is 12.3. The Morgan fingerprint density at radius 3 is 2.76 bits per heavy atom. The quantitative estimate of drug-likeness (QED) is 0.475. The first-order valence-corrected chi connectivity index (χ1v) is 6.84. The van der Waals surface area contributed by atoms with Gasteiger partial charge in [0.1, 0.15) is 6.61 Å². The van der Waals surface area contributed by atoms with Crippen LogP contribution in [0.5, 0.6) is 0 Å². The molecule has 4 atom stereocenters. The Kier molecular flexibility index (Phi) is 2.24. The summed E-state index contributed by atoms with van der Waals surface area (Å²) < 4.78 is 5.25. The Labute approximate surface area is 103 Å². The van der Waals surface area contributed by atoms with Crippen LogP contribution in [0.2, 0.25) is 0 Å². The minimum Gasteiger partial charge on any atom is -0.460 e. The monoisotopic (exact) mass is 234 g/mol. The molecule has 0 amide bonds. The highest BCUT2D eigenvalue weighted by Crippen LogP contribution is 2.64. The number of hydrogen-bond acceptors (Lipinski definition) is 2. The zero-order valence-corrected chi connectivity index (χ0v) is 10.9. The van der Waals surface area contributed by atoms with Gasteiger partial charge in [-0.15, -0.1) is 0 Å². The van der Waals surface area contributed by atoms with Gasteiger partial charge in [-0.2, -0.15) is 0 Å². The summed E-state index contributed by atoms with van der Waals surface area (Å²) >= 11 is 0. The van der Waals surface area contributed by atoms with Crippen LogP contribution < -0.4 is 0 Å². The lowest BCUT2D eigenvalue weighted by Gasteiger charge is -2.42. The first-order chi connectivity index (χ1) is 7.99. The van der Waals surface area contributed by atoms with E-state index >= 15 is 0 Å². The molecule has 1 saturated heterocycles. The van der Waals surface area contributed by atoms with Crippen LogP contribution in [0.15, 0.2) is 12.2 Å². The van der Waals surface area contributed by atoms with Gasteiger partial charge in [0.15, 0.2) is 0 Å². The molecule has 0 aromatic heterocycles. The molecule has 1 aliphatic heterocycles. The second-order valence-corrected chi connectivity index (χ2v) is 6.68. The molecule has 0 aromatic carbocycles. The van der Waals surface area contributed by atoms with Crippen LogP contribution in [0.4, 0.5) is 0 Å². The van der Waals surface area contributed by atoms with Gasteiger partial charge < -0.3 is 4.74 Å². The fourth-order valence-corrected chi connectivity index (χ4v) is 4.53. The van der Waals surface area contributed by atoms with Crippen molar-refractivity contribution in [3.63, 3.8) is 0 Å². The van der Waals surface area contributed by atoms with Crippen molar-refractivity contribution in [1.82, 2.24) is 0 Å². The van der Waals surface area contributed by atoms with Gasteiger partial charge in [-0.3, -0.25) is 4.79 Å². The number of carbonyl (C=O) groups is 1. The number of rotatable bonds is 0.